The molecule has 0 bridgehead atoms. The van der Waals surface area contributed by atoms with E-state index in [1.54, 1.807) is 23.5 Å². The van der Waals surface area contributed by atoms with Crippen molar-refractivity contribution in [3.63, 3.8) is 0 Å². The number of aromatic hydroxyl groups is 1. The molecule has 1 aliphatic carbocycles. The Morgan fingerprint density at radius 3 is 2.59 bits per heavy atom. The molecular formula is C18H18N2OS. The van der Waals surface area contributed by atoms with Crippen molar-refractivity contribution in [2.24, 2.45) is 0 Å². The standard InChI is InChI=1S/C18H18N2OS/c1-11-9-16(12(2)20(11)14-5-6-14)17-10-22-18(19-17)13-3-7-15(21)8-4-13/h3-4,7-10,14,21H,5-6H2,1-2H3. The van der Waals surface area contributed by atoms with Gasteiger partial charge in [-0.15, -0.1) is 11.3 Å². The van der Waals surface area contributed by atoms with Gasteiger partial charge in [0.25, 0.3) is 0 Å². The maximum Gasteiger partial charge on any atom is 0.124 e. The minimum atomic E-state index is 0.286. The van der Waals surface area contributed by atoms with Gasteiger partial charge in [-0.1, -0.05) is 0 Å². The number of phenolic OH excluding ortho intramolecular Hbond substituents is 1. The van der Waals surface area contributed by atoms with Crippen LogP contribution in [-0.2, 0) is 0 Å². The van der Waals surface area contributed by atoms with Crippen LogP contribution in [0.3, 0.4) is 0 Å². The van der Waals surface area contributed by atoms with Crippen LogP contribution in [0.15, 0.2) is 35.7 Å². The topological polar surface area (TPSA) is 38.1 Å². The van der Waals surface area contributed by atoms with Crippen molar-refractivity contribution in [3.05, 3.63) is 47.1 Å². The molecule has 2 aromatic heterocycles. The Kier molecular flexibility index (Phi) is 3.08. The van der Waals surface area contributed by atoms with E-state index in [4.69, 9.17) is 4.98 Å². The van der Waals surface area contributed by atoms with E-state index < -0.39 is 0 Å². The van der Waals surface area contributed by atoms with Crippen molar-refractivity contribution in [1.82, 2.24) is 9.55 Å². The van der Waals surface area contributed by atoms with Gasteiger partial charge in [0.2, 0.25) is 0 Å². The van der Waals surface area contributed by atoms with Gasteiger partial charge in [-0.25, -0.2) is 4.98 Å². The lowest BCUT2D eigenvalue weighted by Gasteiger charge is -2.06. The second-order valence-corrected chi connectivity index (χ2v) is 6.83. The van der Waals surface area contributed by atoms with E-state index in [1.807, 2.05) is 12.1 Å². The first-order valence-corrected chi connectivity index (χ1v) is 8.45. The molecule has 1 aromatic carbocycles. The number of hydrogen-bond donors (Lipinski definition) is 1. The molecule has 0 aliphatic heterocycles. The van der Waals surface area contributed by atoms with E-state index in [2.05, 4.69) is 29.9 Å². The van der Waals surface area contributed by atoms with Crippen LogP contribution in [0.4, 0.5) is 0 Å². The summed E-state index contributed by atoms with van der Waals surface area (Å²) in [7, 11) is 0. The Hall–Kier alpha value is -2.07. The lowest BCUT2D eigenvalue weighted by molar-refractivity contribution is 0.475. The fourth-order valence-corrected chi connectivity index (χ4v) is 3.89. The van der Waals surface area contributed by atoms with Crippen molar-refractivity contribution >= 4 is 11.3 Å². The molecule has 0 spiro atoms. The summed E-state index contributed by atoms with van der Waals surface area (Å²) in [5, 5.41) is 12.5. The number of rotatable bonds is 3. The molecule has 0 radical (unpaired) electrons. The zero-order chi connectivity index (χ0) is 15.3. The summed E-state index contributed by atoms with van der Waals surface area (Å²) in [5.74, 6) is 0.286. The van der Waals surface area contributed by atoms with Crippen molar-refractivity contribution in [1.29, 1.82) is 0 Å². The number of hydrogen-bond acceptors (Lipinski definition) is 3. The van der Waals surface area contributed by atoms with E-state index in [1.165, 1.54) is 29.8 Å². The van der Waals surface area contributed by atoms with E-state index in [9.17, 15) is 5.11 Å². The minimum Gasteiger partial charge on any atom is -0.508 e. The highest BCUT2D eigenvalue weighted by atomic mass is 32.1. The largest absolute Gasteiger partial charge is 0.508 e. The van der Waals surface area contributed by atoms with Crippen molar-refractivity contribution < 1.29 is 5.11 Å². The first-order valence-electron chi connectivity index (χ1n) is 7.57. The minimum absolute atomic E-state index is 0.286. The maximum atomic E-state index is 9.39. The third-order valence-corrected chi connectivity index (χ3v) is 5.18. The normalized spacial score (nSPS) is 14.5. The van der Waals surface area contributed by atoms with Gasteiger partial charge in [0.15, 0.2) is 0 Å². The molecule has 4 rings (SSSR count). The lowest BCUT2D eigenvalue weighted by atomic mass is 10.2. The highest BCUT2D eigenvalue weighted by Crippen LogP contribution is 2.41. The monoisotopic (exact) mass is 310 g/mol. The second kappa shape index (κ2) is 4.99. The number of aromatic nitrogens is 2. The molecule has 1 aliphatic rings. The van der Waals surface area contributed by atoms with Gasteiger partial charge in [0, 0.05) is 33.9 Å². The van der Waals surface area contributed by atoms with Crippen LogP contribution >= 0.6 is 11.3 Å². The first kappa shape index (κ1) is 13.6. The van der Waals surface area contributed by atoms with Gasteiger partial charge in [-0.3, -0.25) is 0 Å². The van der Waals surface area contributed by atoms with E-state index >= 15 is 0 Å². The summed E-state index contributed by atoms with van der Waals surface area (Å²) in [6.45, 7) is 4.38. The van der Waals surface area contributed by atoms with Gasteiger partial charge in [-0.2, -0.15) is 0 Å². The summed E-state index contributed by atoms with van der Waals surface area (Å²) >= 11 is 1.65. The van der Waals surface area contributed by atoms with Crippen molar-refractivity contribution in [2.45, 2.75) is 32.7 Å². The number of phenols is 1. The SMILES string of the molecule is Cc1cc(-c2csc(-c3ccc(O)cc3)n2)c(C)n1C1CC1. The summed E-state index contributed by atoms with van der Waals surface area (Å²) in [6.07, 6.45) is 2.59. The average molecular weight is 310 g/mol. The molecular weight excluding hydrogens is 292 g/mol. The lowest BCUT2D eigenvalue weighted by Crippen LogP contribution is -1.98. The summed E-state index contributed by atoms with van der Waals surface area (Å²) in [6, 6.07) is 10.2. The van der Waals surface area contributed by atoms with E-state index in [0.29, 0.717) is 6.04 Å². The summed E-state index contributed by atoms with van der Waals surface area (Å²) < 4.78 is 2.45. The maximum absolute atomic E-state index is 9.39. The molecule has 2 heterocycles. The summed E-state index contributed by atoms with van der Waals surface area (Å²) in [4.78, 5) is 4.80. The fraction of sp³-hybridized carbons (Fsp3) is 0.278. The van der Waals surface area contributed by atoms with Crippen LogP contribution in [-0.4, -0.2) is 14.7 Å². The zero-order valence-electron chi connectivity index (χ0n) is 12.7. The Balaban J connectivity index is 1.72. The molecule has 3 aromatic rings. The molecule has 0 atom stereocenters. The van der Waals surface area contributed by atoms with Gasteiger partial charge < -0.3 is 9.67 Å². The Bertz CT molecular complexity index is 825. The Morgan fingerprint density at radius 1 is 1.18 bits per heavy atom. The molecule has 112 valence electrons. The quantitative estimate of drug-likeness (QED) is 0.744. The number of thiazole rings is 1. The van der Waals surface area contributed by atoms with Crippen LogP contribution in [0.1, 0.15) is 30.3 Å². The van der Waals surface area contributed by atoms with Crippen LogP contribution in [0, 0.1) is 13.8 Å². The molecule has 1 saturated carbocycles. The van der Waals surface area contributed by atoms with E-state index in [-0.39, 0.29) is 5.75 Å². The predicted molar refractivity (Wildman–Crippen MR) is 90.4 cm³/mol. The first-order chi connectivity index (χ1) is 10.6. The van der Waals surface area contributed by atoms with Crippen LogP contribution in [0.2, 0.25) is 0 Å². The third-order valence-electron chi connectivity index (χ3n) is 4.29. The van der Waals surface area contributed by atoms with Crippen molar-refractivity contribution in [2.75, 3.05) is 0 Å². The predicted octanol–water partition coefficient (Wildman–Crippen LogP) is 4.94. The molecule has 4 heteroatoms. The van der Waals surface area contributed by atoms with Crippen molar-refractivity contribution in [3.8, 4) is 27.6 Å². The molecule has 0 amide bonds. The van der Waals surface area contributed by atoms with Crippen LogP contribution < -0.4 is 0 Å². The van der Waals surface area contributed by atoms with Gasteiger partial charge in [0.1, 0.15) is 10.8 Å². The Labute approximate surface area is 133 Å². The molecule has 1 N–H and O–H groups in total. The highest BCUT2D eigenvalue weighted by molar-refractivity contribution is 7.13. The smallest absolute Gasteiger partial charge is 0.124 e. The second-order valence-electron chi connectivity index (χ2n) is 5.97. The van der Waals surface area contributed by atoms with Gasteiger partial charge >= 0.3 is 0 Å². The van der Waals surface area contributed by atoms with Crippen LogP contribution in [0.5, 0.6) is 5.75 Å². The summed E-state index contributed by atoms with van der Waals surface area (Å²) in [5.41, 5.74) is 5.99. The highest BCUT2D eigenvalue weighted by Gasteiger charge is 2.27. The molecule has 22 heavy (non-hydrogen) atoms. The molecule has 0 saturated heterocycles. The van der Waals surface area contributed by atoms with Crippen LogP contribution in [0.25, 0.3) is 21.8 Å². The van der Waals surface area contributed by atoms with Gasteiger partial charge in [0.05, 0.1) is 5.69 Å². The zero-order valence-corrected chi connectivity index (χ0v) is 13.5. The molecule has 0 unspecified atom stereocenters. The third kappa shape index (κ3) is 2.24. The van der Waals surface area contributed by atoms with Gasteiger partial charge in [-0.05, 0) is 57.0 Å². The number of aryl methyl sites for hydroxylation is 1. The van der Waals surface area contributed by atoms with E-state index in [0.717, 1.165) is 16.3 Å². The number of nitrogens with zero attached hydrogens (tertiary/aromatic N) is 2. The fourth-order valence-electron chi connectivity index (χ4n) is 3.07. The number of benzene rings is 1. The average Bonchev–Trinajstić information content (AvgIpc) is 3.13. The Morgan fingerprint density at radius 2 is 1.91 bits per heavy atom. The molecule has 1 fully saturated rings. The molecule has 3 nitrogen and oxygen atoms in total.